The molecule has 4 aliphatic rings. The Balaban J connectivity index is 0.000000150. The number of nitrogen functional groups attached to an aromatic ring is 1. The number of hydrogen-bond acceptors (Lipinski definition) is 15. The molecule has 2 aromatic carbocycles. The normalized spacial score (nSPS) is 21.3. The number of alkyl halides is 4. The number of halogens is 4. The van der Waals surface area contributed by atoms with Gasteiger partial charge >= 0.3 is 0 Å². The molecule has 418 valence electrons. The van der Waals surface area contributed by atoms with E-state index in [0.29, 0.717) is 127 Å². The Kier molecular flexibility index (Phi) is 15.7. The number of anilines is 5. The molecule has 0 saturated carbocycles. The van der Waals surface area contributed by atoms with Crippen LogP contribution in [0.2, 0.25) is 0 Å². The van der Waals surface area contributed by atoms with E-state index >= 15 is 0 Å². The first-order valence-electron chi connectivity index (χ1n) is 26.5. The standard InChI is InChI=1S/C28H29F2N7O2.C18H19N5O2S.C11H14F2N2/c1-27(39)12-3-2-4-15-36-25(38)21-18-31-26(34-24(21)37(36)23-7-5-6-22(27)33-23)32-19-8-10-20(11-9-19)35-16-13-28(29,30)14-17-35;1-18(25)9-4-3-5-10-22-16(24)12-11-19-17(26-2)21-15(12)23(22)14-8-6-7-13(18)20-14;12-11(13)5-7-15(8-6-11)10-3-1-9(14)2-4-10/h2,4-11,18,39H,3,12-17H2,1H3,(H,31,32,34);3,5-8,11,25H,4,9-10H2,1-2H3;1-4H,5-8,14H2/b4-2-;5-3-;/t27-;18-;/m11./s1. The molecule has 2 saturated heterocycles. The summed E-state index contributed by atoms with van der Waals surface area (Å²) in [6.45, 7) is 5.67. The third-order valence-corrected chi connectivity index (χ3v) is 15.3. The summed E-state index contributed by atoms with van der Waals surface area (Å²) in [4.78, 5) is 57.3. The largest absolute Gasteiger partial charge is 0.399 e. The molecule has 0 amide bonds. The first kappa shape index (κ1) is 55.4. The molecule has 8 aromatic rings. The van der Waals surface area contributed by atoms with Gasteiger partial charge in [-0.15, -0.1) is 0 Å². The van der Waals surface area contributed by atoms with Crippen molar-refractivity contribution in [3.05, 3.63) is 154 Å². The van der Waals surface area contributed by atoms with Gasteiger partial charge in [0.05, 0.1) is 24.5 Å². The number of nitrogens with zero attached hydrogens (tertiary/aromatic N) is 12. The average Bonchev–Trinajstić information content (AvgIpc) is 4.08. The third-order valence-electron chi connectivity index (χ3n) is 14.7. The van der Waals surface area contributed by atoms with E-state index in [2.05, 4.69) is 30.2 Å². The van der Waals surface area contributed by atoms with E-state index in [1.807, 2.05) is 101 Å². The predicted octanol–water partition coefficient (Wildman–Crippen LogP) is 9.27. The lowest BCUT2D eigenvalue weighted by Crippen LogP contribution is -2.39. The van der Waals surface area contributed by atoms with Crippen LogP contribution in [0.5, 0.6) is 0 Å². The van der Waals surface area contributed by atoms with Crippen LogP contribution in [0.4, 0.5) is 46.3 Å². The maximum absolute atomic E-state index is 13.5. The van der Waals surface area contributed by atoms with E-state index < -0.39 is 23.0 Å². The summed E-state index contributed by atoms with van der Waals surface area (Å²) in [6, 6.07) is 25.6. The van der Waals surface area contributed by atoms with Gasteiger partial charge in [0, 0.05) is 87.0 Å². The van der Waals surface area contributed by atoms with Gasteiger partial charge in [0.25, 0.3) is 23.0 Å². The predicted molar refractivity (Wildman–Crippen MR) is 303 cm³/mol. The van der Waals surface area contributed by atoms with Crippen molar-refractivity contribution in [3.63, 3.8) is 0 Å². The van der Waals surface area contributed by atoms with Crippen molar-refractivity contribution in [3.8, 4) is 11.6 Å². The number of fused-ring (bicyclic) bond motifs is 12. The van der Waals surface area contributed by atoms with Gasteiger partial charge in [-0.1, -0.05) is 48.2 Å². The third kappa shape index (κ3) is 12.1. The first-order chi connectivity index (χ1) is 38.3. The van der Waals surface area contributed by atoms with E-state index in [0.717, 1.165) is 17.1 Å². The van der Waals surface area contributed by atoms with Crippen LogP contribution >= 0.6 is 11.8 Å². The summed E-state index contributed by atoms with van der Waals surface area (Å²) in [6.07, 6.45) is 14.7. The summed E-state index contributed by atoms with van der Waals surface area (Å²) >= 11 is 1.42. The van der Waals surface area contributed by atoms with E-state index in [1.54, 1.807) is 63.0 Å². The van der Waals surface area contributed by atoms with Crippen LogP contribution in [0.1, 0.15) is 76.6 Å². The summed E-state index contributed by atoms with van der Waals surface area (Å²) in [7, 11) is 0. The van der Waals surface area contributed by atoms with Crippen molar-refractivity contribution in [1.29, 1.82) is 0 Å². The van der Waals surface area contributed by atoms with Gasteiger partial charge in [-0.3, -0.25) is 9.59 Å². The second kappa shape index (κ2) is 22.7. The van der Waals surface area contributed by atoms with Crippen LogP contribution < -0.4 is 32.0 Å². The van der Waals surface area contributed by atoms with Gasteiger partial charge in [-0.25, -0.2) is 61.2 Å². The maximum Gasteiger partial charge on any atom is 0.278 e. The Morgan fingerprint density at radius 1 is 0.575 bits per heavy atom. The Hall–Kier alpha value is -7.89. The van der Waals surface area contributed by atoms with Gasteiger partial charge in [0.1, 0.15) is 22.0 Å². The summed E-state index contributed by atoms with van der Waals surface area (Å²) < 4.78 is 59.4. The van der Waals surface area contributed by atoms with Crippen LogP contribution in [0.3, 0.4) is 0 Å². The van der Waals surface area contributed by atoms with E-state index in [1.165, 1.54) is 18.0 Å². The number of rotatable bonds is 5. The summed E-state index contributed by atoms with van der Waals surface area (Å²) in [5.74, 6) is -3.76. The fraction of sp³-hybridized carbons (Fsp3) is 0.368. The van der Waals surface area contributed by atoms with E-state index in [-0.39, 0.29) is 36.8 Å². The number of allylic oxidation sites excluding steroid dienone is 4. The van der Waals surface area contributed by atoms with E-state index in [4.69, 9.17) is 10.7 Å². The molecule has 6 aromatic heterocycles. The quantitative estimate of drug-likeness (QED) is 0.0415. The lowest BCUT2D eigenvalue weighted by atomic mass is 9.95. The van der Waals surface area contributed by atoms with Crippen LogP contribution in [-0.2, 0) is 24.3 Å². The van der Waals surface area contributed by atoms with Crippen molar-refractivity contribution >= 4 is 62.5 Å². The number of aromatic nitrogens is 10. The first-order valence-corrected chi connectivity index (χ1v) is 27.7. The highest BCUT2D eigenvalue weighted by molar-refractivity contribution is 7.98. The van der Waals surface area contributed by atoms with Crippen molar-refractivity contribution in [2.24, 2.45) is 0 Å². The molecule has 4 aliphatic heterocycles. The maximum atomic E-state index is 13.5. The van der Waals surface area contributed by atoms with Crippen molar-refractivity contribution in [2.45, 2.75) is 107 Å². The highest BCUT2D eigenvalue weighted by Crippen LogP contribution is 2.34. The van der Waals surface area contributed by atoms with Gasteiger partial charge in [-0.05, 0) is 119 Å². The molecule has 5 N–H and O–H groups in total. The number of pyridine rings is 2. The Morgan fingerprint density at radius 3 is 1.50 bits per heavy atom. The van der Waals surface area contributed by atoms with Gasteiger partial charge < -0.3 is 31.1 Å². The minimum absolute atomic E-state index is 0.0582. The number of hydrogen-bond donors (Lipinski definition) is 4. The fourth-order valence-electron chi connectivity index (χ4n) is 10.0. The highest BCUT2D eigenvalue weighted by atomic mass is 32.2. The topological polar surface area (TPSA) is 216 Å². The molecule has 0 aliphatic carbocycles. The van der Waals surface area contributed by atoms with Crippen LogP contribution in [0, 0.1) is 0 Å². The monoisotopic (exact) mass is 1110 g/mol. The van der Waals surface area contributed by atoms with Crippen LogP contribution in [0.25, 0.3) is 33.7 Å². The Labute approximate surface area is 462 Å². The van der Waals surface area contributed by atoms with Gasteiger partial charge in [0.2, 0.25) is 5.95 Å². The fourth-order valence-corrected chi connectivity index (χ4v) is 10.3. The molecule has 12 rings (SSSR count). The zero-order valence-electron chi connectivity index (χ0n) is 44.5. The molecule has 0 spiro atoms. The highest BCUT2D eigenvalue weighted by Gasteiger charge is 2.35. The minimum Gasteiger partial charge on any atom is -0.399 e. The lowest BCUT2D eigenvalue weighted by Gasteiger charge is -2.33. The molecule has 10 heterocycles. The van der Waals surface area contributed by atoms with Crippen molar-refractivity contribution in [2.75, 3.05) is 53.3 Å². The van der Waals surface area contributed by atoms with Gasteiger partial charge in [0.15, 0.2) is 28.1 Å². The number of nitrogens with two attached hydrogens (primary N) is 1. The number of piperidine rings is 2. The Morgan fingerprint density at radius 2 is 1.02 bits per heavy atom. The smallest absolute Gasteiger partial charge is 0.278 e. The molecule has 0 unspecified atom stereocenters. The number of aliphatic hydroxyl groups is 2. The zero-order valence-corrected chi connectivity index (χ0v) is 45.3. The molecule has 2 fully saturated rings. The molecule has 80 heavy (non-hydrogen) atoms. The van der Waals surface area contributed by atoms with Crippen molar-refractivity contribution in [1.82, 2.24) is 48.6 Å². The van der Waals surface area contributed by atoms with Crippen LogP contribution in [0.15, 0.2) is 136 Å². The van der Waals surface area contributed by atoms with Crippen molar-refractivity contribution < 1.29 is 27.8 Å². The van der Waals surface area contributed by atoms with Gasteiger partial charge in [-0.2, -0.15) is 4.98 Å². The van der Waals surface area contributed by atoms with Crippen LogP contribution in [-0.4, -0.2) is 103 Å². The molecular formula is C57H62F4N14O4S. The summed E-state index contributed by atoms with van der Waals surface area (Å²) in [5.41, 5.74) is 8.26. The number of nitrogens with one attached hydrogen (secondary N) is 1. The number of thioether (sulfide) groups is 1. The molecule has 18 nitrogen and oxygen atoms in total. The molecular weight excluding hydrogens is 1050 g/mol. The number of benzene rings is 2. The molecule has 0 radical (unpaired) electrons. The SMILES string of the molecule is CSc1ncc2c(=O)n3n(c2n1)-c1cccc(n1)[C@](C)(O)CC/C=C\C3.C[C@@]1(O)CC/C=C\Cn2c(=O)c3cnc(Nc4ccc(N5CCC(F)(F)CC5)cc4)nc3n2-c2cccc1n2.Nc1ccc(N2CCC(F)(F)CC2)cc1. The molecule has 23 heteroatoms. The summed E-state index contributed by atoms with van der Waals surface area (Å²) in [5, 5.41) is 26.4. The lowest BCUT2D eigenvalue weighted by molar-refractivity contribution is -0.0226. The second-order valence-electron chi connectivity index (χ2n) is 20.7. The average molecular weight is 1120 g/mol. The zero-order chi connectivity index (χ0) is 56.4. The second-order valence-corrected chi connectivity index (χ2v) is 21.5. The van der Waals surface area contributed by atoms with E-state index in [9.17, 15) is 37.4 Å². The Bertz CT molecular complexity index is 3690. The molecule has 2 atom stereocenters. The minimum atomic E-state index is -2.59. The molecule has 4 bridgehead atoms.